The molecule has 0 aliphatic carbocycles. The Balaban J connectivity index is 2.19. The van der Waals surface area contributed by atoms with Gasteiger partial charge in [0.05, 0.1) is 17.4 Å². The van der Waals surface area contributed by atoms with E-state index in [9.17, 15) is 18.0 Å². The van der Waals surface area contributed by atoms with E-state index >= 15 is 0 Å². The van der Waals surface area contributed by atoms with Crippen LogP contribution in [0.3, 0.4) is 0 Å². The molecule has 23 heavy (non-hydrogen) atoms. The fourth-order valence-corrected chi connectivity index (χ4v) is 4.07. The summed E-state index contributed by atoms with van der Waals surface area (Å²) in [5, 5.41) is 8.92. The maximum atomic E-state index is 12.4. The average Bonchev–Trinajstić information content (AvgIpc) is 2.85. The number of aliphatic carboxylic acids is 1. The summed E-state index contributed by atoms with van der Waals surface area (Å²) < 4.78 is 25.2. The minimum Gasteiger partial charge on any atom is -0.481 e. The van der Waals surface area contributed by atoms with Gasteiger partial charge >= 0.3 is 5.97 Å². The van der Waals surface area contributed by atoms with Gasteiger partial charge in [0.1, 0.15) is 0 Å². The van der Waals surface area contributed by atoms with Crippen LogP contribution < -0.4 is 4.31 Å². The van der Waals surface area contributed by atoms with E-state index < -0.39 is 21.9 Å². The minimum absolute atomic E-state index is 0.0837. The van der Waals surface area contributed by atoms with Crippen LogP contribution in [0.15, 0.2) is 24.3 Å². The number of carbonyl (C=O) groups is 2. The topological polar surface area (TPSA) is 95.0 Å². The quantitative estimate of drug-likeness (QED) is 0.863. The molecule has 0 radical (unpaired) electrons. The number of hydrogen-bond donors (Lipinski definition) is 1. The van der Waals surface area contributed by atoms with E-state index in [1.807, 2.05) is 0 Å². The highest BCUT2D eigenvalue weighted by atomic mass is 32.2. The second-order valence-corrected chi connectivity index (χ2v) is 7.73. The highest BCUT2D eigenvalue weighted by Gasteiger charge is 2.29. The predicted molar refractivity (Wildman–Crippen MR) is 86.0 cm³/mol. The second kappa shape index (κ2) is 6.57. The van der Waals surface area contributed by atoms with Crippen molar-refractivity contribution in [2.24, 2.45) is 5.92 Å². The van der Waals surface area contributed by atoms with Crippen LogP contribution in [-0.4, -0.2) is 56.2 Å². The molecule has 1 amide bonds. The highest BCUT2D eigenvalue weighted by molar-refractivity contribution is 7.93. The Morgan fingerprint density at radius 2 is 2.09 bits per heavy atom. The third kappa shape index (κ3) is 3.82. The molecule has 1 saturated heterocycles. The summed E-state index contributed by atoms with van der Waals surface area (Å²) in [5.74, 6) is -1.87. The maximum Gasteiger partial charge on any atom is 0.308 e. The van der Waals surface area contributed by atoms with Gasteiger partial charge < -0.3 is 10.0 Å². The zero-order valence-electron chi connectivity index (χ0n) is 13.1. The lowest BCUT2D eigenvalue weighted by Crippen LogP contribution is -2.34. The van der Waals surface area contributed by atoms with Crippen LogP contribution in [0.5, 0.6) is 0 Å². The zero-order chi connectivity index (χ0) is 17.2. The number of anilines is 1. The lowest BCUT2D eigenvalue weighted by Gasteiger charge is -2.21. The van der Waals surface area contributed by atoms with Gasteiger partial charge in [-0.3, -0.25) is 13.9 Å². The Morgan fingerprint density at radius 3 is 2.65 bits per heavy atom. The van der Waals surface area contributed by atoms with E-state index in [0.717, 1.165) is 0 Å². The molecular weight excluding hydrogens is 320 g/mol. The van der Waals surface area contributed by atoms with Gasteiger partial charge in [0, 0.05) is 25.7 Å². The lowest BCUT2D eigenvalue weighted by molar-refractivity contribution is -0.141. The van der Waals surface area contributed by atoms with E-state index in [2.05, 4.69) is 0 Å². The smallest absolute Gasteiger partial charge is 0.308 e. The molecule has 0 spiro atoms. The Labute approximate surface area is 135 Å². The number of carbonyl (C=O) groups excluding carboxylic acids is 1. The Morgan fingerprint density at radius 1 is 1.39 bits per heavy atom. The van der Waals surface area contributed by atoms with E-state index in [1.54, 1.807) is 18.2 Å². The lowest BCUT2D eigenvalue weighted by atomic mass is 10.1. The van der Waals surface area contributed by atoms with Crippen molar-refractivity contribution >= 4 is 27.6 Å². The summed E-state index contributed by atoms with van der Waals surface area (Å²) in [7, 11) is -1.77. The number of carboxylic acids is 1. The predicted octanol–water partition coefficient (Wildman–Crippen LogP) is 1.02. The van der Waals surface area contributed by atoms with Gasteiger partial charge in [-0.2, -0.15) is 0 Å². The average molecular weight is 340 g/mol. The minimum atomic E-state index is -3.30. The first-order chi connectivity index (χ1) is 10.7. The molecule has 1 heterocycles. The number of sulfonamides is 1. The molecule has 1 atom stereocenters. The van der Waals surface area contributed by atoms with E-state index in [1.165, 1.54) is 29.2 Å². The molecule has 1 aliphatic heterocycles. The maximum absolute atomic E-state index is 12.4. The molecule has 126 valence electrons. The SMILES string of the molecule is CC(CN(C)C(=O)c1cccc(N2CCCS2(=O)=O)c1)C(=O)O. The molecule has 0 saturated carbocycles. The molecule has 1 aliphatic rings. The van der Waals surface area contributed by atoms with E-state index in [4.69, 9.17) is 5.11 Å². The van der Waals surface area contributed by atoms with Gasteiger partial charge in [-0.05, 0) is 24.6 Å². The summed E-state index contributed by atoms with van der Waals surface area (Å²) in [6, 6.07) is 6.41. The highest BCUT2D eigenvalue weighted by Crippen LogP contribution is 2.25. The van der Waals surface area contributed by atoms with Crippen molar-refractivity contribution in [1.82, 2.24) is 4.90 Å². The van der Waals surface area contributed by atoms with Crippen molar-refractivity contribution in [3.8, 4) is 0 Å². The number of rotatable bonds is 5. The van der Waals surface area contributed by atoms with Gasteiger partial charge in [0.25, 0.3) is 5.91 Å². The fourth-order valence-electron chi connectivity index (χ4n) is 2.52. The molecule has 1 N–H and O–H groups in total. The molecule has 8 heteroatoms. The van der Waals surface area contributed by atoms with Crippen molar-refractivity contribution in [2.45, 2.75) is 13.3 Å². The number of benzene rings is 1. The van der Waals surface area contributed by atoms with Crippen molar-refractivity contribution < 1.29 is 23.1 Å². The van der Waals surface area contributed by atoms with E-state index in [-0.39, 0.29) is 18.2 Å². The summed E-state index contributed by atoms with van der Waals surface area (Å²) in [6.07, 6.45) is 0.566. The van der Waals surface area contributed by atoms with Crippen molar-refractivity contribution in [3.63, 3.8) is 0 Å². The molecule has 1 fully saturated rings. The van der Waals surface area contributed by atoms with Crippen LogP contribution in [0.2, 0.25) is 0 Å². The summed E-state index contributed by atoms with van der Waals surface area (Å²) in [4.78, 5) is 24.6. The van der Waals surface area contributed by atoms with Gasteiger partial charge in [0.2, 0.25) is 10.0 Å². The molecule has 0 aromatic heterocycles. The number of carboxylic acid groups (broad SMARTS) is 1. The van der Waals surface area contributed by atoms with Gasteiger partial charge in [0.15, 0.2) is 0 Å². The summed E-state index contributed by atoms with van der Waals surface area (Å²) in [6.45, 7) is 2.02. The molecule has 1 unspecified atom stereocenters. The first-order valence-corrected chi connectivity index (χ1v) is 8.92. The molecule has 7 nitrogen and oxygen atoms in total. The summed E-state index contributed by atoms with van der Waals surface area (Å²) >= 11 is 0. The van der Waals surface area contributed by atoms with Crippen LogP contribution in [0, 0.1) is 5.92 Å². The van der Waals surface area contributed by atoms with Crippen molar-refractivity contribution in [1.29, 1.82) is 0 Å². The largest absolute Gasteiger partial charge is 0.481 e. The van der Waals surface area contributed by atoms with Crippen LogP contribution in [0.1, 0.15) is 23.7 Å². The monoisotopic (exact) mass is 340 g/mol. The number of nitrogens with zero attached hydrogens (tertiary/aromatic N) is 2. The van der Waals surface area contributed by atoms with E-state index in [0.29, 0.717) is 24.2 Å². The molecule has 1 aromatic rings. The second-order valence-electron chi connectivity index (χ2n) is 5.72. The normalized spacial score (nSPS) is 17.7. The number of hydrogen-bond acceptors (Lipinski definition) is 4. The van der Waals surface area contributed by atoms with Gasteiger partial charge in [-0.1, -0.05) is 13.0 Å². The van der Waals surface area contributed by atoms with Gasteiger partial charge in [-0.15, -0.1) is 0 Å². The standard InChI is InChI=1S/C15H20N2O5S/c1-11(15(19)20)10-16(2)14(18)12-5-3-6-13(9-12)17-7-4-8-23(17,21)22/h3,5-6,9,11H,4,7-8,10H2,1-2H3,(H,19,20). The van der Waals surface area contributed by atoms with Crippen molar-refractivity contribution in [2.75, 3.05) is 30.2 Å². The summed E-state index contributed by atoms with van der Waals surface area (Å²) in [5.41, 5.74) is 0.803. The molecule has 1 aromatic carbocycles. The first kappa shape index (κ1) is 17.3. The molecular formula is C15H20N2O5S. The Hall–Kier alpha value is -2.09. The van der Waals surface area contributed by atoms with Crippen LogP contribution in [0.25, 0.3) is 0 Å². The Bertz CT molecular complexity index is 716. The van der Waals surface area contributed by atoms with Crippen LogP contribution in [-0.2, 0) is 14.8 Å². The number of amides is 1. The van der Waals surface area contributed by atoms with Gasteiger partial charge in [-0.25, -0.2) is 8.42 Å². The van der Waals surface area contributed by atoms with Crippen molar-refractivity contribution in [3.05, 3.63) is 29.8 Å². The van der Waals surface area contributed by atoms with Crippen LogP contribution in [0.4, 0.5) is 5.69 Å². The third-order valence-electron chi connectivity index (χ3n) is 3.80. The fraction of sp³-hybridized carbons (Fsp3) is 0.467. The molecule has 2 rings (SSSR count). The zero-order valence-corrected chi connectivity index (χ0v) is 13.9. The molecule has 0 bridgehead atoms. The Kier molecular flexibility index (Phi) is 4.93. The van der Waals surface area contributed by atoms with Crippen LogP contribution >= 0.6 is 0 Å². The third-order valence-corrected chi connectivity index (χ3v) is 5.67. The first-order valence-electron chi connectivity index (χ1n) is 7.31.